The molecule has 3 heterocycles. The van der Waals surface area contributed by atoms with Gasteiger partial charge in [0, 0.05) is 7.05 Å². The highest BCUT2D eigenvalue weighted by molar-refractivity contribution is 6.04. The van der Waals surface area contributed by atoms with Gasteiger partial charge in [-0.3, -0.25) is 9.36 Å². The zero-order valence-corrected chi connectivity index (χ0v) is 14.1. The second-order valence-electron chi connectivity index (χ2n) is 6.31. The Morgan fingerprint density at radius 3 is 2.35 bits per heavy atom. The molecule has 5 aromatic rings. The van der Waals surface area contributed by atoms with Gasteiger partial charge in [-0.1, -0.05) is 42.5 Å². The zero-order valence-electron chi connectivity index (χ0n) is 14.1. The molecule has 0 spiro atoms. The van der Waals surface area contributed by atoms with Crippen molar-refractivity contribution in [1.29, 1.82) is 0 Å². The van der Waals surface area contributed by atoms with E-state index in [1.165, 1.54) is 0 Å². The highest BCUT2D eigenvalue weighted by Gasteiger charge is 2.17. The van der Waals surface area contributed by atoms with E-state index in [0.29, 0.717) is 28.7 Å². The number of fused-ring (bicyclic) bond motifs is 4. The first-order chi connectivity index (χ1) is 12.7. The number of aromatic nitrogens is 5. The third kappa shape index (κ3) is 2.12. The SMILES string of the molecule is Cn1c2nc3ccccc3nc2c2c(=O)n(Cc3ccccc3)cnc21. The highest BCUT2D eigenvalue weighted by atomic mass is 16.1. The maximum atomic E-state index is 13.1. The average molecular weight is 341 g/mol. The molecular weight excluding hydrogens is 326 g/mol. The van der Waals surface area contributed by atoms with Crippen molar-refractivity contribution in [3.05, 3.63) is 76.8 Å². The van der Waals surface area contributed by atoms with Gasteiger partial charge >= 0.3 is 0 Å². The van der Waals surface area contributed by atoms with Gasteiger partial charge in [0.05, 0.1) is 17.6 Å². The van der Waals surface area contributed by atoms with Gasteiger partial charge in [-0.25, -0.2) is 15.0 Å². The van der Waals surface area contributed by atoms with Gasteiger partial charge in [-0.05, 0) is 17.7 Å². The number of hydrogen-bond acceptors (Lipinski definition) is 4. The summed E-state index contributed by atoms with van der Waals surface area (Å²) in [5, 5.41) is 0.513. The van der Waals surface area contributed by atoms with Gasteiger partial charge in [0.2, 0.25) is 0 Å². The number of nitrogens with zero attached hydrogens (tertiary/aromatic N) is 5. The molecule has 0 bridgehead atoms. The minimum Gasteiger partial charge on any atom is -0.312 e. The van der Waals surface area contributed by atoms with Crippen LogP contribution >= 0.6 is 0 Å². The Balaban J connectivity index is 1.81. The fraction of sp³-hybridized carbons (Fsp3) is 0.100. The number of para-hydroxylation sites is 2. The predicted octanol–water partition coefficient (Wildman–Crippen LogP) is 2.88. The van der Waals surface area contributed by atoms with Crippen molar-refractivity contribution in [3.8, 4) is 0 Å². The van der Waals surface area contributed by atoms with E-state index in [2.05, 4.69) is 9.97 Å². The quantitative estimate of drug-likeness (QED) is 0.495. The van der Waals surface area contributed by atoms with E-state index in [9.17, 15) is 4.79 Å². The van der Waals surface area contributed by atoms with Gasteiger partial charge in [0.25, 0.3) is 5.56 Å². The molecule has 0 aliphatic rings. The molecule has 0 aliphatic carbocycles. The standard InChI is InChI=1S/C20H15N5O/c1-24-18-16(17-19(24)23-15-10-6-5-9-14(15)22-17)20(26)25(12-21-18)11-13-7-3-2-4-8-13/h2-10,12H,11H2,1H3. The molecule has 0 fully saturated rings. The normalized spacial score (nSPS) is 11.6. The average Bonchev–Trinajstić information content (AvgIpc) is 2.95. The molecule has 0 N–H and O–H groups in total. The first kappa shape index (κ1) is 14.8. The Kier molecular flexibility index (Phi) is 3.12. The minimum atomic E-state index is -0.103. The van der Waals surface area contributed by atoms with Crippen LogP contribution in [0.4, 0.5) is 0 Å². The molecule has 0 saturated carbocycles. The van der Waals surface area contributed by atoms with Crippen LogP contribution in [-0.4, -0.2) is 24.1 Å². The summed E-state index contributed by atoms with van der Waals surface area (Å²) in [7, 11) is 1.86. The largest absolute Gasteiger partial charge is 0.312 e. The molecule has 0 saturated heterocycles. The van der Waals surface area contributed by atoms with Gasteiger partial charge in [-0.2, -0.15) is 0 Å². The third-order valence-electron chi connectivity index (χ3n) is 4.64. The fourth-order valence-electron chi connectivity index (χ4n) is 3.33. The molecular formula is C20H15N5O. The maximum absolute atomic E-state index is 13.1. The molecule has 6 heteroatoms. The Bertz CT molecular complexity index is 1330. The lowest BCUT2D eigenvalue weighted by Gasteiger charge is -2.05. The van der Waals surface area contributed by atoms with Crippen LogP contribution in [0.15, 0.2) is 65.7 Å². The molecule has 0 radical (unpaired) electrons. The van der Waals surface area contributed by atoms with E-state index in [1.54, 1.807) is 10.9 Å². The van der Waals surface area contributed by atoms with Crippen molar-refractivity contribution in [2.75, 3.05) is 0 Å². The molecule has 126 valence electrons. The molecule has 5 rings (SSSR count). The van der Waals surface area contributed by atoms with Crippen LogP contribution in [-0.2, 0) is 13.6 Å². The molecule has 3 aromatic heterocycles. The summed E-state index contributed by atoms with van der Waals surface area (Å²) in [6.45, 7) is 0.472. The van der Waals surface area contributed by atoms with Crippen LogP contribution < -0.4 is 5.56 Å². The van der Waals surface area contributed by atoms with Crippen molar-refractivity contribution in [2.45, 2.75) is 6.54 Å². The van der Waals surface area contributed by atoms with E-state index in [4.69, 9.17) is 4.98 Å². The lowest BCUT2D eigenvalue weighted by atomic mass is 10.2. The van der Waals surface area contributed by atoms with E-state index in [0.717, 1.165) is 16.6 Å². The number of rotatable bonds is 2. The van der Waals surface area contributed by atoms with E-state index in [-0.39, 0.29) is 5.56 Å². The second kappa shape index (κ2) is 5.49. The van der Waals surface area contributed by atoms with Crippen molar-refractivity contribution in [3.63, 3.8) is 0 Å². The Labute approximate surface area is 148 Å². The van der Waals surface area contributed by atoms with E-state index >= 15 is 0 Å². The molecule has 0 amide bonds. The maximum Gasteiger partial charge on any atom is 0.265 e. The van der Waals surface area contributed by atoms with Gasteiger partial charge in [-0.15, -0.1) is 0 Å². The first-order valence-electron chi connectivity index (χ1n) is 8.36. The summed E-state index contributed by atoms with van der Waals surface area (Å²) >= 11 is 0. The summed E-state index contributed by atoms with van der Waals surface area (Å²) in [5.41, 5.74) is 4.38. The third-order valence-corrected chi connectivity index (χ3v) is 4.64. The van der Waals surface area contributed by atoms with Crippen molar-refractivity contribution < 1.29 is 0 Å². The van der Waals surface area contributed by atoms with Gasteiger partial charge in [0.1, 0.15) is 17.2 Å². The van der Waals surface area contributed by atoms with Crippen LogP contribution in [0.5, 0.6) is 0 Å². The first-order valence-corrected chi connectivity index (χ1v) is 8.36. The molecule has 0 aliphatic heterocycles. The molecule has 0 unspecified atom stereocenters. The van der Waals surface area contributed by atoms with Gasteiger partial charge < -0.3 is 4.57 Å². The lowest BCUT2D eigenvalue weighted by Crippen LogP contribution is -2.21. The van der Waals surface area contributed by atoms with Crippen LogP contribution in [0.1, 0.15) is 5.56 Å². The summed E-state index contributed by atoms with van der Waals surface area (Å²) in [5.74, 6) is 0. The van der Waals surface area contributed by atoms with Crippen LogP contribution in [0.25, 0.3) is 33.2 Å². The smallest absolute Gasteiger partial charge is 0.265 e. The van der Waals surface area contributed by atoms with E-state index < -0.39 is 0 Å². The molecule has 6 nitrogen and oxygen atoms in total. The van der Waals surface area contributed by atoms with E-state index in [1.807, 2.05) is 66.2 Å². The van der Waals surface area contributed by atoms with Crippen LogP contribution in [0.2, 0.25) is 0 Å². The number of benzene rings is 2. The van der Waals surface area contributed by atoms with Crippen molar-refractivity contribution in [2.24, 2.45) is 7.05 Å². The second-order valence-corrected chi connectivity index (χ2v) is 6.31. The Hall–Kier alpha value is -3.54. The molecule has 0 atom stereocenters. The van der Waals surface area contributed by atoms with Crippen molar-refractivity contribution in [1.82, 2.24) is 24.1 Å². The van der Waals surface area contributed by atoms with Gasteiger partial charge in [0.15, 0.2) is 11.3 Å². The zero-order chi connectivity index (χ0) is 17.7. The topological polar surface area (TPSA) is 65.6 Å². The predicted molar refractivity (Wildman–Crippen MR) is 101 cm³/mol. The van der Waals surface area contributed by atoms with Crippen LogP contribution in [0, 0.1) is 0 Å². The Morgan fingerprint density at radius 2 is 1.58 bits per heavy atom. The van der Waals surface area contributed by atoms with Crippen molar-refractivity contribution >= 4 is 33.2 Å². The molecule has 26 heavy (non-hydrogen) atoms. The monoisotopic (exact) mass is 341 g/mol. The molecule has 2 aromatic carbocycles. The number of aryl methyl sites for hydroxylation is 1. The summed E-state index contributed by atoms with van der Waals surface area (Å²) < 4.78 is 3.45. The summed E-state index contributed by atoms with van der Waals surface area (Å²) in [6.07, 6.45) is 1.59. The summed E-state index contributed by atoms with van der Waals surface area (Å²) in [6, 6.07) is 17.5. The lowest BCUT2D eigenvalue weighted by molar-refractivity contribution is 0.745. The fourth-order valence-corrected chi connectivity index (χ4v) is 3.33. The highest BCUT2D eigenvalue weighted by Crippen LogP contribution is 2.23. The Morgan fingerprint density at radius 1 is 0.885 bits per heavy atom. The van der Waals surface area contributed by atoms with Crippen LogP contribution in [0.3, 0.4) is 0 Å². The minimum absolute atomic E-state index is 0.103. The summed E-state index contributed by atoms with van der Waals surface area (Å²) in [4.78, 5) is 27.0. The number of hydrogen-bond donors (Lipinski definition) is 0.